The van der Waals surface area contributed by atoms with Gasteiger partial charge in [-0.1, -0.05) is 40.9 Å². The summed E-state index contributed by atoms with van der Waals surface area (Å²) in [6, 6.07) is 8.38. The summed E-state index contributed by atoms with van der Waals surface area (Å²) >= 11 is 17.6. The molecule has 0 radical (unpaired) electrons. The molecule has 0 aliphatic carbocycles. The van der Waals surface area contributed by atoms with Crippen LogP contribution in [0.2, 0.25) is 15.2 Å². The molecule has 6 heteroatoms. The van der Waals surface area contributed by atoms with Crippen LogP contribution < -0.4 is 5.32 Å². The van der Waals surface area contributed by atoms with E-state index in [1.54, 1.807) is 42.6 Å². The van der Waals surface area contributed by atoms with Crippen LogP contribution >= 0.6 is 34.8 Å². The van der Waals surface area contributed by atoms with Crippen molar-refractivity contribution < 1.29 is 4.79 Å². The van der Waals surface area contributed by atoms with Gasteiger partial charge in [-0.15, -0.1) is 0 Å². The molecule has 20 heavy (non-hydrogen) atoms. The summed E-state index contributed by atoms with van der Waals surface area (Å²) in [5.41, 5.74) is 1.15. The van der Waals surface area contributed by atoms with Crippen molar-refractivity contribution in [2.24, 2.45) is 0 Å². The van der Waals surface area contributed by atoms with Gasteiger partial charge in [-0.2, -0.15) is 0 Å². The minimum absolute atomic E-state index is 0.235. The van der Waals surface area contributed by atoms with E-state index in [2.05, 4.69) is 10.3 Å². The van der Waals surface area contributed by atoms with Gasteiger partial charge in [-0.3, -0.25) is 4.79 Å². The van der Waals surface area contributed by atoms with Crippen LogP contribution in [0.15, 0.2) is 42.6 Å². The average Bonchev–Trinajstić information content (AvgIpc) is 2.40. The molecule has 102 valence electrons. The summed E-state index contributed by atoms with van der Waals surface area (Å²) in [7, 11) is 0. The van der Waals surface area contributed by atoms with Crippen molar-refractivity contribution in [1.29, 1.82) is 0 Å². The molecule has 0 unspecified atom stereocenters. The molecule has 0 saturated carbocycles. The third-order valence-corrected chi connectivity index (χ3v) is 3.26. The van der Waals surface area contributed by atoms with Crippen molar-refractivity contribution in [3.05, 3.63) is 63.4 Å². The van der Waals surface area contributed by atoms with Crippen molar-refractivity contribution in [2.45, 2.75) is 0 Å². The van der Waals surface area contributed by atoms with Crippen molar-refractivity contribution >= 4 is 52.5 Å². The van der Waals surface area contributed by atoms with Gasteiger partial charge in [0, 0.05) is 22.3 Å². The number of amides is 1. The Morgan fingerprint density at radius 1 is 1.20 bits per heavy atom. The Kier molecular flexibility index (Phi) is 5.01. The molecule has 0 fully saturated rings. The maximum absolute atomic E-state index is 11.8. The van der Waals surface area contributed by atoms with Gasteiger partial charge in [0.25, 0.3) is 0 Å². The first-order valence-electron chi connectivity index (χ1n) is 5.61. The van der Waals surface area contributed by atoms with Crippen molar-refractivity contribution in [2.75, 3.05) is 5.32 Å². The van der Waals surface area contributed by atoms with E-state index in [0.717, 1.165) is 0 Å². The van der Waals surface area contributed by atoms with Crippen LogP contribution in [0.25, 0.3) is 6.08 Å². The van der Waals surface area contributed by atoms with Crippen LogP contribution in [0.3, 0.4) is 0 Å². The second-order valence-electron chi connectivity index (χ2n) is 3.83. The van der Waals surface area contributed by atoms with E-state index in [9.17, 15) is 4.79 Å². The second-order valence-corrected chi connectivity index (χ2v) is 5.03. The standard InChI is InChI=1S/C14H9Cl3N2O/c15-10-5-3-9(11(16)8-10)4-6-13(20)19-12-2-1-7-18-14(12)17/h1-8H,(H,19,20). The molecule has 3 nitrogen and oxygen atoms in total. The van der Waals surface area contributed by atoms with Crippen LogP contribution in [0.1, 0.15) is 5.56 Å². The number of anilines is 1. The molecule has 1 aromatic heterocycles. The van der Waals surface area contributed by atoms with Gasteiger partial charge in [0.1, 0.15) is 0 Å². The van der Waals surface area contributed by atoms with Crippen molar-refractivity contribution in [3.63, 3.8) is 0 Å². The molecule has 1 N–H and O–H groups in total. The molecule has 1 heterocycles. The van der Waals surface area contributed by atoms with Crippen molar-refractivity contribution in [3.8, 4) is 0 Å². The summed E-state index contributed by atoms with van der Waals surface area (Å²) < 4.78 is 0. The maximum Gasteiger partial charge on any atom is 0.248 e. The highest BCUT2D eigenvalue weighted by Gasteiger charge is 2.03. The minimum atomic E-state index is -0.328. The van der Waals surface area contributed by atoms with E-state index in [1.165, 1.54) is 6.08 Å². The topological polar surface area (TPSA) is 42.0 Å². The van der Waals surface area contributed by atoms with E-state index in [-0.39, 0.29) is 11.1 Å². The highest BCUT2D eigenvalue weighted by molar-refractivity contribution is 6.35. The lowest BCUT2D eigenvalue weighted by Crippen LogP contribution is -2.08. The molecule has 1 aromatic carbocycles. The fourth-order valence-corrected chi connectivity index (χ4v) is 2.09. The number of benzene rings is 1. The highest BCUT2D eigenvalue weighted by Crippen LogP contribution is 2.22. The van der Waals surface area contributed by atoms with Crippen LogP contribution in [0, 0.1) is 0 Å². The molecular weight excluding hydrogens is 319 g/mol. The van der Waals surface area contributed by atoms with Crippen LogP contribution in [-0.2, 0) is 4.79 Å². The molecule has 0 aliphatic heterocycles. The number of aromatic nitrogens is 1. The van der Waals surface area contributed by atoms with Gasteiger partial charge in [-0.25, -0.2) is 4.98 Å². The zero-order chi connectivity index (χ0) is 14.5. The largest absolute Gasteiger partial charge is 0.320 e. The number of nitrogens with one attached hydrogen (secondary N) is 1. The average molecular weight is 328 g/mol. The maximum atomic E-state index is 11.8. The van der Waals surface area contributed by atoms with Gasteiger partial charge in [0.2, 0.25) is 5.91 Å². The first-order chi connectivity index (χ1) is 9.56. The van der Waals surface area contributed by atoms with E-state index in [4.69, 9.17) is 34.8 Å². The van der Waals surface area contributed by atoms with Crippen LogP contribution in [-0.4, -0.2) is 10.9 Å². The number of pyridine rings is 1. The zero-order valence-electron chi connectivity index (χ0n) is 10.1. The molecule has 0 bridgehead atoms. The number of hydrogen-bond acceptors (Lipinski definition) is 2. The summed E-state index contributed by atoms with van der Waals surface area (Å²) in [6.07, 6.45) is 4.50. The zero-order valence-corrected chi connectivity index (χ0v) is 12.4. The molecule has 0 atom stereocenters. The van der Waals surface area contributed by atoms with E-state index < -0.39 is 0 Å². The van der Waals surface area contributed by atoms with E-state index in [1.807, 2.05) is 0 Å². The number of carbonyl (C=O) groups excluding carboxylic acids is 1. The van der Waals surface area contributed by atoms with Crippen LogP contribution in [0.4, 0.5) is 5.69 Å². The molecule has 0 aliphatic rings. The lowest BCUT2D eigenvalue weighted by Gasteiger charge is -2.03. The first kappa shape index (κ1) is 14.9. The Bertz CT molecular complexity index is 671. The Hall–Kier alpha value is -1.55. The van der Waals surface area contributed by atoms with E-state index in [0.29, 0.717) is 21.3 Å². The molecule has 2 rings (SSSR count). The molecular formula is C14H9Cl3N2O. The first-order valence-corrected chi connectivity index (χ1v) is 6.74. The number of carbonyl (C=O) groups is 1. The van der Waals surface area contributed by atoms with Gasteiger partial charge in [0.05, 0.1) is 5.69 Å². The lowest BCUT2D eigenvalue weighted by molar-refractivity contribution is -0.111. The summed E-state index contributed by atoms with van der Waals surface area (Å²) in [6.45, 7) is 0. The number of halogens is 3. The Morgan fingerprint density at radius 3 is 2.70 bits per heavy atom. The van der Waals surface area contributed by atoms with Gasteiger partial charge in [-0.05, 0) is 35.9 Å². The third-order valence-electron chi connectivity index (χ3n) is 2.39. The predicted octanol–water partition coefficient (Wildman–Crippen LogP) is 4.69. The van der Waals surface area contributed by atoms with Gasteiger partial charge >= 0.3 is 0 Å². The molecule has 1 amide bonds. The number of rotatable bonds is 3. The molecule has 0 spiro atoms. The number of hydrogen-bond donors (Lipinski definition) is 1. The van der Waals surface area contributed by atoms with E-state index >= 15 is 0 Å². The highest BCUT2D eigenvalue weighted by atomic mass is 35.5. The molecule has 0 saturated heterocycles. The summed E-state index contributed by atoms with van der Waals surface area (Å²) in [5.74, 6) is -0.328. The Labute approximate surface area is 131 Å². The summed E-state index contributed by atoms with van der Waals surface area (Å²) in [4.78, 5) is 15.6. The van der Waals surface area contributed by atoms with Crippen molar-refractivity contribution in [1.82, 2.24) is 4.98 Å². The summed E-state index contributed by atoms with van der Waals surface area (Å²) in [5, 5.41) is 3.87. The predicted molar refractivity (Wildman–Crippen MR) is 83.4 cm³/mol. The normalized spacial score (nSPS) is 10.8. The SMILES string of the molecule is O=C(C=Cc1ccc(Cl)cc1Cl)Nc1cccnc1Cl. The molecule has 2 aromatic rings. The fourth-order valence-electron chi connectivity index (χ4n) is 1.46. The smallest absolute Gasteiger partial charge is 0.248 e. The van der Waals surface area contributed by atoms with Gasteiger partial charge in [0.15, 0.2) is 5.15 Å². The second kappa shape index (κ2) is 6.75. The Morgan fingerprint density at radius 2 is 2.00 bits per heavy atom. The minimum Gasteiger partial charge on any atom is -0.320 e. The fraction of sp³-hybridized carbons (Fsp3) is 0. The quantitative estimate of drug-likeness (QED) is 0.656. The lowest BCUT2D eigenvalue weighted by atomic mass is 10.2. The number of nitrogens with zero attached hydrogens (tertiary/aromatic N) is 1. The Balaban J connectivity index is 2.08. The van der Waals surface area contributed by atoms with Crippen LogP contribution in [0.5, 0.6) is 0 Å². The van der Waals surface area contributed by atoms with Gasteiger partial charge < -0.3 is 5.32 Å². The third kappa shape index (κ3) is 3.97. The monoisotopic (exact) mass is 326 g/mol.